The molecule has 2 N–H and O–H groups in total. The molecule has 2 aliphatic heterocycles. The Bertz CT molecular complexity index is 759. The van der Waals surface area contributed by atoms with Crippen LogP contribution in [-0.2, 0) is 16.1 Å². The number of nitrogens with one attached hydrogen (secondary N) is 2. The number of β-lactam (4-membered cyclic amide) rings is 1. The molecular formula is C13H16N8O2S. The molecular weight excluding hydrogens is 332 g/mol. The number of H-pyrrole nitrogens is 1. The molecule has 0 saturated carbocycles. The summed E-state index contributed by atoms with van der Waals surface area (Å²) in [7, 11) is 0. The topological polar surface area (TPSA) is 122 Å². The molecule has 2 aromatic rings. The summed E-state index contributed by atoms with van der Waals surface area (Å²) < 4.78 is 1.25. The number of hydrogen-bond acceptors (Lipinski definition) is 7. The van der Waals surface area contributed by atoms with Crippen LogP contribution < -0.4 is 5.32 Å². The van der Waals surface area contributed by atoms with Gasteiger partial charge in [0.25, 0.3) is 0 Å². The van der Waals surface area contributed by atoms with Crippen LogP contribution in [0.4, 0.5) is 0 Å². The van der Waals surface area contributed by atoms with Gasteiger partial charge in [0.15, 0.2) is 5.82 Å². The van der Waals surface area contributed by atoms with Crippen molar-refractivity contribution < 1.29 is 9.59 Å². The molecule has 2 saturated heterocycles. The fraction of sp³-hybridized carbons (Fsp3) is 0.538. The third-order valence-electron chi connectivity index (χ3n) is 4.23. The van der Waals surface area contributed by atoms with Crippen LogP contribution in [0.15, 0.2) is 18.5 Å². The minimum atomic E-state index is -0.533. The number of aromatic nitrogens is 6. The Morgan fingerprint density at radius 1 is 1.50 bits per heavy atom. The lowest BCUT2D eigenvalue weighted by Crippen LogP contribution is -2.68. The van der Waals surface area contributed by atoms with E-state index >= 15 is 0 Å². The van der Waals surface area contributed by atoms with Crippen molar-refractivity contribution in [2.45, 2.75) is 42.6 Å². The number of rotatable bonds is 4. The van der Waals surface area contributed by atoms with Crippen LogP contribution in [0.5, 0.6) is 0 Å². The van der Waals surface area contributed by atoms with Crippen LogP contribution in [0.25, 0.3) is 0 Å². The predicted molar refractivity (Wildman–Crippen MR) is 83.4 cm³/mol. The maximum atomic E-state index is 12.6. The van der Waals surface area contributed by atoms with Gasteiger partial charge in [-0.1, -0.05) is 5.21 Å². The average Bonchev–Trinajstić information content (AvgIpc) is 3.24. The minimum absolute atomic E-state index is 0.0891. The number of carbonyl (C=O) groups excluding carboxylic acids is 2. The van der Waals surface area contributed by atoms with Gasteiger partial charge in [-0.25, -0.2) is 0 Å². The molecule has 24 heavy (non-hydrogen) atoms. The SMILES string of the molecule is CC1(C)S[C@H]2C(NC(=O)Cn3cccn3)C(=O)N2C1c1nn[nH]n1. The molecule has 2 aliphatic rings. The van der Waals surface area contributed by atoms with E-state index in [1.807, 2.05) is 13.8 Å². The second-order valence-electron chi connectivity index (χ2n) is 6.28. The molecule has 0 bridgehead atoms. The highest BCUT2D eigenvalue weighted by molar-refractivity contribution is 8.01. The van der Waals surface area contributed by atoms with Gasteiger partial charge in [-0.2, -0.15) is 10.3 Å². The quantitative estimate of drug-likeness (QED) is 0.702. The van der Waals surface area contributed by atoms with Crippen molar-refractivity contribution in [3.05, 3.63) is 24.3 Å². The van der Waals surface area contributed by atoms with E-state index in [2.05, 4.69) is 31.0 Å². The predicted octanol–water partition coefficient (Wildman–Crippen LogP) is -0.684. The molecule has 4 rings (SSSR count). The first-order chi connectivity index (χ1) is 11.5. The van der Waals surface area contributed by atoms with Gasteiger partial charge in [-0.3, -0.25) is 14.3 Å². The van der Waals surface area contributed by atoms with E-state index < -0.39 is 6.04 Å². The summed E-state index contributed by atoms with van der Waals surface area (Å²) in [6.45, 7) is 4.16. The number of tetrazole rings is 1. The maximum absolute atomic E-state index is 12.6. The zero-order valence-corrected chi connectivity index (χ0v) is 13.9. The summed E-state index contributed by atoms with van der Waals surface area (Å²) in [6, 6.07) is 0.946. The molecule has 11 heteroatoms. The van der Waals surface area contributed by atoms with E-state index in [1.54, 1.807) is 35.1 Å². The van der Waals surface area contributed by atoms with Gasteiger partial charge in [-0.15, -0.1) is 22.0 Å². The Hall–Kier alpha value is -2.43. The average molecular weight is 348 g/mol. The maximum Gasteiger partial charge on any atom is 0.249 e. The highest BCUT2D eigenvalue weighted by Crippen LogP contribution is 2.56. The molecule has 10 nitrogen and oxygen atoms in total. The molecule has 126 valence electrons. The number of hydrogen-bond donors (Lipinski definition) is 2. The Morgan fingerprint density at radius 3 is 3.00 bits per heavy atom. The lowest BCUT2D eigenvalue weighted by atomic mass is 9.95. The first-order valence-electron chi connectivity index (χ1n) is 7.47. The summed E-state index contributed by atoms with van der Waals surface area (Å²) in [5.74, 6) is 0.129. The van der Waals surface area contributed by atoms with Crippen molar-refractivity contribution in [1.29, 1.82) is 0 Å². The standard InChI is InChI=1S/C13H16N8O2S/c1-13(2)9(10-16-18-19-17-10)21-11(23)8(12(21)24-13)15-7(22)6-20-5-3-4-14-20/h3-5,8-9,12H,6H2,1-2H3,(H,15,22)(H,16,17,18,19)/t8?,9?,12-/m0/s1. The van der Waals surface area contributed by atoms with Crippen LogP contribution in [0.3, 0.4) is 0 Å². The number of aromatic amines is 1. The molecule has 2 unspecified atom stereocenters. The first-order valence-corrected chi connectivity index (χ1v) is 8.35. The van der Waals surface area contributed by atoms with E-state index in [-0.39, 0.29) is 34.5 Å². The van der Waals surface area contributed by atoms with Gasteiger partial charge < -0.3 is 10.2 Å². The van der Waals surface area contributed by atoms with Crippen LogP contribution in [0.1, 0.15) is 25.7 Å². The Kier molecular flexibility index (Phi) is 3.34. The van der Waals surface area contributed by atoms with Crippen LogP contribution in [0, 0.1) is 0 Å². The molecule has 0 spiro atoms. The highest BCUT2D eigenvalue weighted by atomic mass is 32.2. The van der Waals surface area contributed by atoms with E-state index in [0.717, 1.165) is 0 Å². The van der Waals surface area contributed by atoms with Crippen molar-refractivity contribution in [2.75, 3.05) is 0 Å². The van der Waals surface area contributed by atoms with Crippen molar-refractivity contribution in [3.8, 4) is 0 Å². The molecule has 2 aromatic heterocycles. The number of amides is 2. The fourth-order valence-electron chi connectivity index (χ4n) is 3.21. The van der Waals surface area contributed by atoms with Crippen molar-refractivity contribution in [3.63, 3.8) is 0 Å². The van der Waals surface area contributed by atoms with Crippen LogP contribution >= 0.6 is 11.8 Å². The zero-order valence-electron chi connectivity index (χ0n) is 13.1. The van der Waals surface area contributed by atoms with E-state index in [4.69, 9.17) is 0 Å². The molecule has 0 radical (unpaired) electrons. The van der Waals surface area contributed by atoms with E-state index in [0.29, 0.717) is 5.82 Å². The molecule has 0 aliphatic carbocycles. The minimum Gasteiger partial charge on any atom is -0.340 e. The lowest BCUT2D eigenvalue weighted by molar-refractivity contribution is -0.151. The number of carbonyl (C=O) groups is 2. The molecule has 2 amide bonds. The first kappa shape index (κ1) is 15.1. The normalized spacial score (nSPS) is 27.7. The lowest BCUT2D eigenvalue weighted by Gasteiger charge is -2.44. The number of nitrogens with zero attached hydrogens (tertiary/aromatic N) is 6. The van der Waals surface area contributed by atoms with E-state index in [1.165, 1.54) is 4.68 Å². The van der Waals surface area contributed by atoms with Gasteiger partial charge >= 0.3 is 0 Å². The van der Waals surface area contributed by atoms with Gasteiger partial charge in [0.1, 0.15) is 24.0 Å². The van der Waals surface area contributed by atoms with Crippen molar-refractivity contribution >= 4 is 23.6 Å². The largest absolute Gasteiger partial charge is 0.340 e. The fourth-order valence-corrected chi connectivity index (χ4v) is 4.84. The van der Waals surface area contributed by atoms with Gasteiger partial charge in [0.2, 0.25) is 11.8 Å². The zero-order chi connectivity index (χ0) is 16.9. The summed E-state index contributed by atoms with van der Waals surface area (Å²) in [5, 5.41) is 20.7. The Labute approximate surface area is 141 Å². The van der Waals surface area contributed by atoms with E-state index in [9.17, 15) is 9.59 Å². The molecule has 2 fully saturated rings. The Balaban J connectivity index is 1.48. The van der Waals surface area contributed by atoms with Crippen LogP contribution in [-0.4, -0.2) is 63.3 Å². The second kappa shape index (κ2) is 5.30. The monoisotopic (exact) mass is 348 g/mol. The smallest absolute Gasteiger partial charge is 0.249 e. The summed E-state index contributed by atoms with van der Waals surface area (Å²) in [4.78, 5) is 26.4. The summed E-state index contributed by atoms with van der Waals surface area (Å²) in [5.41, 5.74) is 0. The third-order valence-corrected chi connectivity index (χ3v) is 5.80. The summed E-state index contributed by atoms with van der Waals surface area (Å²) in [6.07, 6.45) is 3.31. The highest BCUT2D eigenvalue weighted by Gasteiger charge is 2.63. The Morgan fingerprint density at radius 2 is 2.33 bits per heavy atom. The number of thioether (sulfide) groups is 1. The molecule has 3 atom stereocenters. The van der Waals surface area contributed by atoms with Crippen LogP contribution in [0.2, 0.25) is 0 Å². The molecule has 4 heterocycles. The second-order valence-corrected chi connectivity index (χ2v) is 8.05. The van der Waals surface area contributed by atoms with Crippen molar-refractivity contribution in [1.82, 2.24) is 40.6 Å². The molecule has 0 aromatic carbocycles. The number of fused-ring (bicyclic) bond motifs is 1. The van der Waals surface area contributed by atoms with Crippen molar-refractivity contribution in [2.24, 2.45) is 0 Å². The van der Waals surface area contributed by atoms with Gasteiger partial charge in [-0.05, 0) is 19.9 Å². The summed E-state index contributed by atoms with van der Waals surface area (Å²) >= 11 is 1.63. The third kappa shape index (κ3) is 2.27. The van der Waals surface area contributed by atoms with Gasteiger partial charge in [0, 0.05) is 17.1 Å². The van der Waals surface area contributed by atoms with Gasteiger partial charge in [0.05, 0.1) is 0 Å².